The second-order valence-corrected chi connectivity index (χ2v) is 13.5. The second-order valence-electron chi connectivity index (χ2n) is 13.5. The molecule has 0 aliphatic carbocycles. The average Bonchev–Trinajstić information content (AvgIpc) is 3.19. The Hall–Kier alpha value is -5.04. The van der Waals surface area contributed by atoms with Crippen LogP contribution in [0.15, 0.2) is 104 Å². The highest BCUT2D eigenvalue weighted by Crippen LogP contribution is 2.29. The molecule has 0 aliphatic heterocycles. The van der Waals surface area contributed by atoms with Crippen molar-refractivity contribution in [2.24, 2.45) is 0 Å². The van der Waals surface area contributed by atoms with E-state index in [-0.39, 0.29) is 0 Å². The Morgan fingerprint density at radius 3 is 1.52 bits per heavy atom. The van der Waals surface area contributed by atoms with Crippen LogP contribution in [0.4, 0.5) is 0 Å². The summed E-state index contributed by atoms with van der Waals surface area (Å²) in [6.07, 6.45) is 17.8. The third-order valence-corrected chi connectivity index (χ3v) is 9.07. The summed E-state index contributed by atoms with van der Waals surface area (Å²) in [6.45, 7) is 9.95. The molecule has 0 fully saturated rings. The first-order valence-electron chi connectivity index (χ1n) is 19.9. The van der Waals surface area contributed by atoms with Crippen LogP contribution in [0.25, 0.3) is 11.1 Å². The lowest BCUT2D eigenvalue weighted by molar-refractivity contribution is 0.0722. The Labute approximate surface area is 322 Å². The van der Waals surface area contributed by atoms with E-state index < -0.39 is 11.9 Å². The maximum absolute atomic E-state index is 13.3. The smallest absolute Gasteiger partial charge is 0.347 e. The third-order valence-electron chi connectivity index (χ3n) is 9.07. The molecular weight excluding hydrogens is 677 g/mol. The first-order valence-corrected chi connectivity index (χ1v) is 19.9. The molecule has 4 aromatic carbocycles. The summed E-state index contributed by atoms with van der Waals surface area (Å²) in [5.41, 5.74) is 2.63. The third kappa shape index (κ3) is 14.8. The fourth-order valence-electron chi connectivity index (χ4n) is 5.88. The van der Waals surface area contributed by atoms with Crippen LogP contribution in [0.3, 0.4) is 0 Å². The van der Waals surface area contributed by atoms with Crippen LogP contribution in [0.1, 0.15) is 124 Å². The Kier molecular flexibility index (Phi) is 18.8. The maximum atomic E-state index is 13.3. The molecular formula is C47H58O7. The summed E-state index contributed by atoms with van der Waals surface area (Å²) in [5.74, 6) is 1.77. The van der Waals surface area contributed by atoms with Gasteiger partial charge < -0.3 is 23.7 Å². The van der Waals surface area contributed by atoms with Gasteiger partial charge in [-0.25, -0.2) is 9.59 Å². The van der Waals surface area contributed by atoms with E-state index in [0.29, 0.717) is 53.9 Å². The van der Waals surface area contributed by atoms with Crippen molar-refractivity contribution in [3.8, 4) is 39.9 Å². The molecule has 7 heteroatoms. The maximum Gasteiger partial charge on any atom is 0.347 e. The number of hydrogen-bond acceptors (Lipinski definition) is 7. The Morgan fingerprint density at radius 2 is 0.963 bits per heavy atom. The van der Waals surface area contributed by atoms with Gasteiger partial charge in [0.1, 0.15) is 34.3 Å². The zero-order chi connectivity index (χ0) is 38.2. The van der Waals surface area contributed by atoms with Crippen molar-refractivity contribution in [3.63, 3.8) is 0 Å². The molecule has 7 nitrogen and oxygen atoms in total. The minimum atomic E-state index is -0.509. The quantitative estimate of drug-likeness (QED) is 0.0275. The molecule has 4 rings (SSSR count). The molecule has 0 aromatic heterocycles. The van der Waals surface area contributed by atoms with Crippen molar-refractivity contribution in [1.29, 1.82) is 0 Å². The standard InChI is InChI=1S/C47H58O7/c1-4-7-10-12-14-17-33-50-40-25-23-39(24-26-40)46(48)53-41-27-19-37(20-28-41)38-21-29-42(30-22-38)54-47(49)44-32-31-43(36-45(44)52-35-16-9-6-3)51-34-18-15-13-11-8-5-2/h6,19-32,36H,3-5,7-18,33-35H2,1-2H3. The molecule has 0 saturated carbocycles. The number of benzene rings is 4. The number of allylic oxidation sites excluding steroid dienone is 1. The normalized spacial score (nSPS) is 10.8. The number of rotatable bonds is 26. The predicted octanol–water partition coefficient (Wildman–Crippen LogP) is 12.6. The lowest BCUT2D eigenvalue weighted by Gasteiger charge is -2.14. The molecule has 0 amide bonds. The molecule has 0 saturated heterocycles. The topological polar surface area (TPSA) is 80.3 Å². The Bertz CT molecular complexity index is 1680. The van der Waals surface area contributed by atoms with Gasteiger partial charge in [-0.3, -0.25) is 0 Å². The summed E-state index contributed by atoms with van der Waals surface area (Å²) in [4.78, 5) is 26.1. The van der Waals surface area contributed by atoms with Crippen LogP contribution in [0.2, 0.25) is 0 Å². The van der Waals surface area contributed by atoms with Gasteiger partial charge in [-0.15, -0.1) is 6.58 Å². The van der Waals surface area contributed by atoms with Crippen molar-refractivity contribution >= 4 is 11.9 Å². The minimum absolute atomic E-state index is 0.336. The van der Waals surface area contributed by atoms with Crippen molar-refractivity contribution < 1.29 is 33.3 Å². The molecule has 0 bridgehead atoms. The Balaban J connectivity index is 1.27. The van der Waals surface area contributed by atoms with Crippen LogP contribution >= 0.6 is 0 Å². The van der Waals surface area contributed by atoms with E-state index in [1.165, 1.54) is 57.8 Å². The van der Waals surface area contributed by atoms with E-state index in [4.69, 9.17) is 23.7 Å². The van der Waals surface area contributed by atoms with Gasteiger partial charge in [-0.1, -0.05) is 108 Å². The second kappa shape index (κ2) is 24.3. The van der Waals surface area contributed by atoms with Crippen LogP contribution in [0, 0.1) is 0 Å². The van der Waals surface area contributed by atoms with Crippen molar-refractivity contribution in [2.75, 3.05) is 19.8 Å². The van der Waals surface area contributed by atoms with Gasteiger partial charge in [0.2, 0.25) is 0 Å². The molecule has 0 unspecified atom stereocenters. The Morgan fingerprint density at radius 1 is 0.500 bits per heavy atom. The molecule has 4 aromatic rings. The molecule has 0 spiro atoms. The number of esters is 2. The van der Waals surface area contributed by atoms with E-state index >= 15 is 0 Å². The molecule has 0 atom stereocenters. The van der Waals surface area contributed by atoms with E-state index in [1.54, 1.807) is 66.7 Å². The number of ether oxygens (including phenoxy) is 5. The summed E-state index contributed by atoms with van der Waals surface area (Å²) in [5, 5.41) is 0. The molecule has 0 aliphatic rings. The summed E-state index contributed by atoms with van der Waals surface area (Å²) < 4.78 is 29.2. The lowest BCUT2D eigenvalue weighted by atomic mass is 10.1. The summed E-state index contributed by atoms with van der Waals surface area (Å²) >= 11 is 0. The molecule has 0 heterocycles. The first kappa shape index (κ1) is 41.7. The van der Waals surface area contributed by atoms with Crippen LogP contribution < -0.4 is 23.7 Å². The van der Waals surface area contributed by atoms with Crippen molar-refractivity contribution in [3.05, 3.63) is 115 Å². The lowest BCUT2D eigenvalue weighted by Crippen LogP contribution is -2.12. The monoisotopic (exact) mass is 734 g/mol. The van der Waals surface area contributed by atoms with Gasteiger partial charge in [0, 0.05) is 6.07 Å². The number of hydrogen-bond donors (Lipinski definition) is 0. The van der Waals surface area contributed by atoms with E-state index in [0.717, 1.165) is 49.0 Å². The van der Waals surface area contributed by atoms with E-state index in [1.807, 2.05) is 30.3 Å². The van der Waals surface area contributed by atoms with Gasteiger partial charge in [-0.05, 0) is 97.5 Å². The molecule has 0 N–H and O–H groups in total. The van der Waals surface area contributed by atoms with E-state index in [9.17, 15) is 9.59 Å². The van der Waals surface area contributed by atoms with Crippen molar-refractivity contribution in [1.82, 2.24) is 0 Å². The number of unbranched alkanes of at least 4 members (excludes halogenated alkanes) is 11. The largest absolute Gasteiger partial charge is 0.494 e. The fourth-order valence-corrected chi connectivity index (χ4v) is 5.88. The SMILES string of the molecule is C=CCCCOc1cc(OCCCCCCCC)ccc1C(=O)Oc1ccc(-c2ccc(OC(=O)c3ccc(OCCCCCCCC)cc3)cc2)cc1. The van der Waals surface area contributed by atoms with Crippen LogP contribution in [0.5, 0.6) is 28.7 Å². The van der Waals surface area contributed by atoms with Gasteiger partial charge in [-0.2, -0.15) is 0 Å². The zero-order valence-corrected chi connectivity index (χ0v) is 32.3. The minimum Gasteiger partial charge on any atom is -0.494 e. The van der Waals surface area contributed by atoms with E-state index in [2.05, 4.69) is 20.4 Å². The van der Waals surface area contributed by atoms with Crippen molar-refractivity contribution in [2.45, 2.75) is 104 Å². The summed E-state index contributed by atoms with van der Waals surface area (Å²) in [7, 11) is 0. The number of carbonyl (C=O) groups excluding carboxylic acids is 2. The highest BCUT2D eigenvalue weighted by Gasteiger charge is 2.17. The predicted molar refractivity (Wildman–Crippen MR) is 217 cm³/mol. The molecule has 54 heavy (non-hydrogen) atoms. The van der Waals surface area contributed by atoms with Gasteiger partial charge in [0.15, 0.2) is 0 Å². The highest BCUT2D eigenvalue weighted by molar-refractivity contribution is 5.94. The molecule has 288 valence electrons. The highest BCUT2D eigenvalue weighted by atomic mass is 16.5. The average molecular weight is 735 g/mol. The fraction of sp³-hybridized carbons (Fsp3) is 0.404. The van der Waals surface area contributed by atoms with Crippen LogP contribution in [-0.4, -0.2) is 31.8 Å². The summed E-state index contributed by atoms with van der Waals surface area (Å²) in [6, 6.07) is 26.9. The zero-order valence-electron chi connectivity index (χ0n) is 32.3. The number of carbonyl (C=O) groups is 2. The van der Waals surface area contributed by atoms with Gasteiger partial charge in [0.05, 0.1) is 25.4 Å². The van der Waals surface area contributed by atoms with Gasteiger partial charge >= 0.3 is 11.9 Å². The first-order chi connectivity index (χ1) is 26.5. The van der Waals surface area contributed by atoms with Crippen LogP contribution in [-0.2, 0) is 0 Å². The van der Waals surface area contributed by atoms with Gasteiger partial charge in [0.25, 0.3) is 0 Å². The molecule has 0 radical (unpaired) electrons.